The number of benzene rings is 1. The molecule has 1 aromatic carbocycles. The number of hydrogen-bond acceptors (Lipinski definition) is 5. The van der Waals surface area contributed by atoms with Crippen molar-refractivity contribution in [3.05, 3.63) is 24.3 Å². The van der Waals surface area contributed by atoms with Crippen LogP contribution in [-0.2, 0) is 14.4 Å². The van der Waals surface area contributed by atoms with Gasteiger partial charge in [0.05, 0.1) is 29.6 Å². The van der Waals surface area contributed by atoms with E-state index in [0.29, 0.717) is 24.6 Å². The first-order chi connectivity index (χ1) is 11.9. The lowest BCUT2D eigenvalue weighted by Crippen LogP contribution is -2.44. The molecule has 8 nitrogen and oxygen atoms in total. The summed E-state index contributed by atoms with van der Waals surface area (Å²) in [6.07, 6.45) is 0.135. The molecule has 3 aliphatic rings. The third-order valence-corrected chi connectivity index (χ3v) is 5.59. The van der Waals surface area contributed by atoms with E-state index in [4.69, 9.17) is 4.74 Å². The smallest absolute Gasteiger partial charge is 0.312 e. The number of rotatable bonds is 4. The fraction of sp³-hybridized carbons (Fsp3) is 0.471. The second-order valence-electron chi connectivity index (χ2n) is 6.96. The van der Waals surface area contributed by atoms with Gasteiger partial charge in [0.15, 0.2) is 0 Å². The summed E-state index contributed by atoms with van der Waals surface area (Å²) in [5.74, 6) is -1.74. The zero-order valence-corrected chi connectivity index (χ0v) is 13.5. The largest absolute Gasteiger partial charge is 0.490 e. The van der Waals surface area contributed by atoms with Crippen LogP contribution in [0, 0.1) is 10.8 Å². The van der Waals surface area contributed by atoms with Crippen LogP contribution >= 0.6 is 0 Å². The van der Waals surface area contributed by atoms with Crippen molar-refractivity contribution in [2.75, 3.05) is 37.7 Å². The Morgan fingerprint density at radius 2 is 1.72 bits per heavy atom. The molecule has 4 rings (SSSR count). The van der Waals surface area contributed by atoms with Gasteiger partial charge in [0, 0.05) is 13.1 Å². The Labute approximate surface area is 143 Å². The highest BCUT2D eigenvalue weighted by atomic mass is 16.5. The van der Waals surface area contributed by atoms with E-state index >= 15 is 0 Å². The molecule has 0 radical (unpaired) electrons. The number of nitrogens with zero attached hydrogens (tertiary/aromatic N) is 2. The molecule has 0 spiro atoms. The molecule has 1 amide bonds. The first kappa shape index (κ1) is 15.9. The van der Waals surface area contributed by atoms with Gasteiger partial charge in [-0.1, -0.05) is 12.1 Å². The molecule has 1 aliphatic carbocycles. The molecular weight excluding hydrogens is 328 g/mol. The van der Waals surface area contributed by atoms with Gasteiger partial charge in [-0.25, -0.2) is 0 Å². The maximum atomic E-state index is 12.7. The topological polar surface area (TPSA) is 107 Å². The Morgan fingerprint density at radius 1 is 1.08 bits per heavy atom. The predicted molar refractivity (Wildman–Crippen MR) is 85.5 cm³/mol. The molecule has 1 aromatic rings. The van der Waals surface area contributed by atoms with Gasteiger partial charge in [0.25, 0.3) is 0 Å². The summed E-state index contributed by atoms with van der Waals surface area (Å²) in [5.41, 5.74) is -1.84. The maximum absolute atomic E-state index is 12.7. The van der Waals surface area contributed by atoms with E-state index in [0.717, 1.165) is 0 Å². The van der Waals surface area contributed by atoms with E-state index in [1.807, 2.05) is 12.1 Å². The Morgan fingerprint density at radius 3 is 2.36 bits per heavy atom. The summed E-state index contributed by atoms with van der Waals surface area (Å²) < 4.78 is 5.53. The number of ether oxygens (including phenoxy) is 1. The molecule has 0 aromatic heterocycles. The van der Waals surface area contributed by atoms with Crippen molar-refractivity contribution >= 4 is 23.5 Å². The predicted octanol–water partition coefficient (Wildman–Crippen LogP) is 0.273. The number of carbonyl (C=O) groups is 3. The van der Waals surface area contributed by atoms with Crippen LogP contribution in [0.5, 0.6) is 5.75 Å². The maximum Gasteiger partial charge on any atom is 0.312 e. The van der Waals surface area contributed by atoms with Crippen LogP contribution in [0.15, 0.2) is 24.3 Å². The van der Waals surface area contributed by atoms with Crippen molar-refractivity contribution in [1.82, 2.24) is 4.90 Å². The second kappa shape index (κ2) is 5.19. The molecule has 1 saturated heterocycles. The summed E-state index contributed by atoms with van der Waals surface area (Å²) in [6, 6.07) is 7.23. The number of likely N-dealkylation sites (tertiary alicyclic amines) is 1. The SMILES string of the molecule is O=C(CN1C[C@@]2(C(=O)O)C[C@@]2(C(=O)O)C1)N1CCOc2ccccc21. The molecule has 0 unspecified atom stereocenters. The van der Waals surface area contributed by atoms with Crippen LogP contribution in [0.4, 0.5) is 5.69 Å². The number of carboxylic acid groups (broad SMARTS) is 2. The monoisotopic (exact) mass is 346 g/mol. The molecule has 25 heavy (non-hydrogen) atoms. The molecule has 2 N–H and O–H groups in total. The standard InChI is InChI=1S/C17H18N2O6/c20-13(19-5-6-25-12-4-2-1-3-11(12)19)7-18-9-16(14(21)22)8-17(16,10-18)15(23)24/h1-4H,5-10H2,(H,21,22)(H,23,24)/t16-,17+. The fourth-order valence-corrected chi connectivity index (χ4v) is 4.22. The van der Waals surface area contributed by atoms with E-state index in [-0.39, 0.29) is 32.0 Å². The first-order valence-electron chi connectivity index (χ1n) is 8.11. The van der Waals surface area contributed by atoms with Crippen molar-refractivity contribution in [3.8, 4) is 5.75 Å². The van der Waals surface area contributed by atoms with Gasteiger partial charge in [-0.05, 0) is 18.6 Å². The molecule has 2 aliphatic heterocycles. The van der Waals surface area contributed by atoms with E-state index in [2.05, 4.69) is 0 Å². The Bertz CT molecular complexity index is 752. The van der Waals surface area contributed by atoms with E-state index in [1.54, 1.807) is 21.9 Å². The number of hydrogen-bond donors (Lipinski definition) is 2. The van der Waals surface area contributed by atoms with Crippen LogP contribution in [0.25, 0.3) is 0 Å². The van der Waals surface area contributed by atoms with Crippen molar-refractivity contribution < 1.29 is 29.3 Å². The van der Waals surface area contributed by atoms with Gasteiger partial charge in [0.1, 0.15) is 12.4 Å². The normalized spacial score (nSPS) is 30.2. The highest BCUT2D eigenvalue weighted by Crippen LogP contribution is 2.68. The van der Waals surface area contributed by atoms with Crippen LogP contribution in [-0.4, -0.2) is 65.7 Å². The number of anilines is 1. The van der Waals surface area contributed by atoms with Gasteiger partial charge >= 0.3 is 11.9 Å². The third-order valence-electron chi connectivity index (χ3n) is 5.59. The minimum atomic E-state index is -1.26. The van der Waals surface area contributed by atoms with Crippen LogP contribution in [0.2, 0.25) is 0 Å². The summed E-state index contributed by atoms with van der Waals surface area (Å²) in [4.78, 5) is 39.1. The van der Waals surface area contributed by atoms with E-state index < -0.39 is 22.8 Å². The molecule has 2 atom stereocenters. The Balaban J connectivity index is 1.50. The van der Waals surface area contributed by atoms with Gasteiger partial charge in [-0.2, -0.15) is 0 Å². The molecule has 2 fully saturated rings. The minimum absolute atomic E-state index is 0.00159. The van der Waals surface area contributed by atoms with Gasteiger partial charge in [0.2, 0.25) is 5.91 Å². The lowest BCUT2D eigenvalue weighted by atomic mass is 9.97. The molecular formula is C17H18N2O6. The number of aliphatic carboxylic acids is 2. The number of para-hydroxylation sites is 2. The highest BCUT2D eigenvalue weighted by molar-refractivity contribution is 5.98. The molecule has 8 heteroatoms. The lowest BCUT2D eigenvalue weighted by molar-refractivity contribution is -0.151. The average molecular weight is 346 g/mol. The Kier molecular flexibility index (Phi) is 3.30. The van der Waals surface area contributed by atoms with Gasteiger partial charge in [-0.3, -0.25) is 19.3 Å². The van der Waals surface area contributed by atoms with Crippen LogP contribution in [0.3, 0.4) is 0 Å². The minimum Gasteiger partial charge on any atom is -0.490 e. The first-order valence-corrected chi connectivity index (χ1v) is 8.11. The number of carbonyl (C=O) groups excluding carboxylic acids is 1. The van der Waals surface area contributed by atoms with Gasteiger partial charge in [-0.15, -0.1) is 0 Å². The number of fused-ring (bicyclic) bond motifs is 2. The highest BCUT2D eigenvalue weighted by Gasteiger charge is 2.80. The van der Waals surface area contributed by atoms with Crippen molar-refractivity contribution in [2.45, 2.75) is 6.42 Å². The Hall–Kier alpha value is -2.61. The lowest BCUT2D eigenvalue weighted by Gasteiger charge is -2.31. The zero-order chi connectivity index (χ0) is 17.8. The van der Waals surface area contributed by atoms with Crippen molar-refractivity contribution in [1.29, 1.82) is 0 Å². The molecule has 132 valence electrons. The molecule has 2 heterocycles. The fourth-order valence-electron chi connectivity index (χ4n) is 4.22. The summed E-state index contributed by atoms with van der Waals surface area (Å²) in [6.45, 7) is 0.982. The zero-order valence-electron chi connectivity index (χ0n) is 13.5. The van der Waals surface area contributed by atoms with Crippen LogP contribution in [0.1, 0.15) is 6.42 Å². The van der Waals surface area contributed by atoms with E-state index in [9.17, 15) is 24.6 Å². The average Bonchev–Trinajstić information content (AvgIpc) is 3.13. The van der Waals surface area contributed by atoms with E-state index in [1.165, 1.54) is 0 Å². The number of carboxylic acids is 2. The van der Waals surface area contributed by atoms with Crippen LogP contribution < -0.4 is 9.64 Å². The van der Waals surface area contributed by atoms with Crippen molar-refractivity contribution in [2.24, 2.45) is 10.8 Å². The van der Waals surface area contributed by atoms with Crippen molar-refractivity contribution in [3.63, 3.8) is 0 Å². The second-order valence-corrected chi connectivity index (χ2v) is 6.96. The molecule has 0 bridgehead atoms. The third kappa shape index (κ3) is 2.13. The number of piperidine rings is 1. The summed E-state index contributed by atoms with van der Waals surface area (Å²) >= 11 is 0. The van der Waals surface area contributed by atoms with Gasteiger partial charge < -0.3 is 19.8 Å². The number of amides is 1. The quantitative estimate of drug-likeness (QED) is 0.806. The summed E-state index contributed by atoms with van der Waals surface area (Å²) in [7, 11) is 0. The summed E-state index contributed by atoms with van der Waals surface area (Å²) in [5, 5.41) is 18.9. The molecule has 1 saturated carbocycles.